The second kappa shape index (κ2) is 4.56. The highest BCUT2D eigenvalue weighted by atomic mass is 16.6. The van der Waals surface area contributed by atoms with Gasteiger partial charge in [-0.2, -0.15) is 0 Å². The Balaban J connectivity index is 2.19. The van der Waals surface area contributed by atoms with Crippen molar-refractivity contribution in [2.24, 2.45) is 0 Å². The Bertz CT molecular complexity index is 549. The Morgan fingerprint density at radius 2 is 2.29 bits per heavy atom. The normalized spacial score (nSPS) is 10.1. The van der Waals surface area contributed by atoms with E-state index < -0.39 is 4.92 Å². The van der Waals surface area contributed by atoms with Crippen LogP contribution in [-0.2, 0) is 6.54 Å². The van der Waals surface area contributed by atoms with E-state index in [-0.39, 0.29) is 18.0 Å². The fourth-order valence-electron chi connectivity index (χ4n) is 1.43. The van der Waals surface area contributed by atoms with E-state index in [2.05, 4.69) is 4.98 Å². The third kappa shape index (κ3) is 2.54. The van der Waals surface area contributed by atoms with Crippen molar-refractivity contribution in [1.82, 2.24) is 9.55 Å². The van der Waals surface area contributed by atoms with Crippen molar-refractivity contribution in [3.63, 3.8) is 0 Å². The average molecular weight is 231 g/mol. The van der Waals surface area contributed by atoms with Gasteiger partial charge in [-0.25, -0.2) is 4.98 Å². The third-order valence-corrected chi connectivity index (χ3v) is 2.26. The van der Waals surface area contributed by atoms with Crippen LogP contribution < -0.4 is 0 Å². The standard InChI is InChI=1S/C11H9N3O3/c15-11(7-13-5-4-12-8-13)9-2-1-3-10(6-9)14(16)17/h1-6,8H,7H2. The predicted molar refractivity (Wildman–Crippen MR) is 59.7 cm³/mol. The molecule has 0 unspecified atom stereocenters. The summed E-state index contributed by atoms with van der Waals surface area (Å²) in [7, 11) is 0. The van der Waals surface area contributed by atoms with E-state index in [1.807, 2.05) is 0 Å². The molecule has 86 valence electrons. The van der Waals surface area contributed by atoms with Crippen molar-refractivity contribution in [2.45, 2.75) is 6.54 Å². The highest BCUT2D eigenvalue weighted by molar-refractivity contribution is 5.96. The lowest BCUT2D eigenvalue weighted by Crippen LogP contribution is -2.09. The van der Waals surface area contributed by atoms with Gasteiger partial charge in [-0.05, 0) is 0 Å². The zero-order valence-electron chi connectivity index (χ0n) is 8.81. The molecule has 1 heterocycles. The molecule has 0 bridgehead atoms. The maximum Gasteiger partial charge on any atom is 0.270 e. The smallest absolute Gasteiger partial charge is 0.270 e. The summed E-state index contributed by atoms with van der Waals surface area (Å²) in [6, 6.07) is 5.69. The molecule has 17 heavy (non-hydrogen) atoms. The van der Waals surface area contributed by atoms with E-state index in [0.717, 1.165) is 0 Å². The molecule has 1 aromatic carbocycles. The molecule has 0 spiro atoms. The molecule has 6 heteroatoms. The lowest BCUT2D eigenvalue weighted by molar-refractivity contribution is -0.384. The molecule has 0 amide bonds. The number of rotatable bonds is 4. The fraction of sp³-hybridized carbons (Fsp3) is 0.0909. The molecule has 2 rings (SSSR count). The van der Waals surface area contributed by atoms with Gasteiger partial charge in [-0.1, -0.05) is 12.1 Å². The quantitative estimate of drug-likeness (QED) is 0.455. The van der Waals surface area contributed by atoms with Gasteiger partial charge in [0.1, 0.15) is 0 Å². The van der Waals surface area contributed by atoms with Crippen molar-refractivity contribution < 1.29 is 9.72 Å². The number of nitro benzene ring substituents is 1. The highest BCUT2D eigenvalue weighted by Crippen LogP contribution is 2.13. The summed E-state index contributed by atoms with van der Waals surface area (Å²) >= 11 is 0. The van der Waals surface area contributed by atoms with Crippen LogP contribution in [0.15, 0.2) is 43.0 Å². The van der Waals surface area contributed by atoms with E-state index in [1.54, 1.807) is 23.0 Å². The summed E-state index contributed by atoms with van der Waals surface area (Å²) in [4.78, 5) is 25.7. The minimum atomic E-state index is -0.520. The van der Waals surface area contributed by atoms with Gasteiger partial charge in [0, 0.05) is 30.1 Å². The number of Topliss-reactive ketones (excluding diaryl/α,β-unsaturated/α-hetero) is 1. The molecule has 0 saturated carbocycles. The van der Waals surface area contributed by atoms with Crippen LogP contribution in [0.5, 0.6) is 0 Å². The first kappa shape index (κ1) is 11.0. The number of hydrogen-bond donors (Lipinski definition) is 0. The number of carbonyl (C=O) groups is 1. The molecular weight excluding hydrogens is 222 g/mol. The Labute approximate surface area is 96.7 Å². The zero-order chi connectivity index (χ0) is 12.3. The van der Waals surface area contributed by atoms with Crippen molar-refractivity contribution >= 4 is 11.5 Å². The van der Waals surface area contributed by atoms with Gasteiger partial charge in [-0.3, -0.25) is 14.9 Å². The molecular formula is C11H9N3O3. The van der Waals surface area contributed by atoms with E-state index in [0.29, 0.717) is 5.56 Å². The molecule has 0 radical (unpaired) electrons. The van der Waals surface area contributed by atoms with Gasteiger partial charge in [0.2, 0.25) is 0 Å². The first-order valence-corrected chi connectivity index (χ1v) is 4.90. The van der Waals surface area contributed by atoms with Crippen molar-refractivity contribution in [3.05, 3.63) is 58.7 Å². The van der Waals surface area contributed by atoms with Crippen LogP contribution in [0.4, 0.5) is 5.69 Å². The van der Waals surface area contributed by atoms with Crippen molar-refractivity contribution in [3.8, 4) is 0 Å². The Hall–Kier alpha value is -2.50. The Morgan fingerprint density at radius 1 is 1.47 bits per heavy atom. The summed E-state index contributed by atoms with van der Waals surface area (Å²) in [6.45, 7) is 0.126. The number of hydrogen-bond acceptors (Lipinski definition) is 4. The summed E-state index contributed by atoms with van der Waals surface area (Å²) in [5.41, 5.74) is 0.245. The molecule has 0 N–H and O–H groups in total. The SMILES string of the molecule is O=C(Cn1ccnc1)c1cccc([N+](=O)[O-])c1. The van der Waals surface area contributed by atoms with Crippen LogP contribution in [0.2, 0.25) is 0 Å². The number of non-ortho nitro benzene ring substituents is 1. The predicted octanol–water partition coefficient (Wildman–Crippen LogP) is 1.67. The summed E-state index contributed by atoms with van der Waals surface area (Å²) < 4.78 is 1.61. The molecule has 2 aromatic rings. The molecule has 0 aliphatic carbocycles. The maximum atomic E-state index is 11.8. The second-order valence-corrected chi connectivity index (χ2v) is 3.47. The van der Waals surface area contributed by atoms with Crippen LogP contribution in [0.3, 0.4) is 0 Å². The maximum absolute atomic E-state index is 11.8. The largest absolute Gasteiger partial charge is 0.330 e. The number of nitrogens with zero attached hydrogens (tertiary/aromatic N) is 3. The first-order valence-electron chi connectivity index (χ1n) is 4.90. The Morgan fingerprint density at radius 3 is 2.94 bits per heavy atom. The average Bonchev–Trinajstić information content (AvgIpc) is 2.82. The van der Waals surface area contributed by atoms with Crippen molar-refractivity contribution in [2.75, 3.05) is 0 Å². The van der Waals surface area contributed by atoms with Crippen LogP contribution in [0, 0.1) is 10.1 Å². The topological polar surface area (TPSA) is 78.0 Å². The van der Waals surface area contributed by atoms with Crippen LogP contribution in [0.25, 0.3) is 0 Å². The van der Waals surface area contributed by atoms with Gasteiger partial charge in [0.25, 0.3) is 5.69 Å². The molecule has 0 aliphatic rings. The van der Waals surface area contributed by atoms with E-state index in [4.69, 9.17) is 0 Å². The summed E-state index contributed by atoms with van der Waals surface area (Å²) in [5.74, 6) is -0.188. The molecule has 1 aromatic heterocycles. The minimum Gasteiger partial charge on any atom is -0.330 e. The number of carbonyl (C=O) groups excluding carboxylic acids is 1. The number of imidazole rings is 1. The second-order valence-electron chi connectivity index (χ2n) is 3.47. The van der Waals surface area contributed by atoms with E-state index in [9.17, 15) is 14.9 Å². The molecule has 0 aliphatic heterocycles. The number of ketones is 1. The van der Waals surface area contributed by atoms with E-state index in [1.165, 1.54) is 24.5 Å². The molecule has 0 fully saturated rings. The summed E-state index contributed by atoms with van der Waals surface area (Å²) in [6.07, 6.45) is 4.76. The van der Waals surface area contributed by atoms with Gasteiger partial charge in [-0.15, -0.1) is 0 Å². The van der Waals surface area contributed by atoms with Crippen molar-refractivity contribution in [1.29, 1.82) is 0 Å². The zero-order valence-corrected chi connectivity index (χ0v) is 8.81. The number of nitro groups is 1. The van der Waals surface area contributed by atoms with Gasteiger partial charge < -0.3 is 4.57 Å². The number of benzene rings is 1. The monoisotopic (exact) mass is 231 g/mol. The fourth-order valence-corrected chi connectivity index (χ4v) is 1.43. The lowest BCUT2D eigenvalue weighted by Gasteiger charge is -2.01. The molecule has 6 nitrogen and oxygen atoms in total. The Kier molecular flexibility index (Phi) is 2.95. The molecule has 0 atom stereocenters. The van der Waals surface area contributed by atoms with Crippen LogP contribution >= 0.6 is 0 Å². The van der Waals surface area contributed by atoms with Gasteiger partial charge in [0.15, 0.2) is 5.78 Å². The highest BCUT2D eigenvalue weighted by Gasteiger charge is 2.11. The lowest BCUT2D eigenvalue weighted by atomic mass is 10.1. The van der Waals surface area contributed by atoms with Crippen LogP contribution in [-0.4, -0.2) is 20.3 Å². The van der Waals surface area contributed by atoms with E-state index >= 15 is 0 Å². The van der Waals surface area contributed by atoms with Crippen LogP contribution in [0.1, 0.15) is 10.4 Å². The molecule has 0 saturated heterocycles. The number of aromatic nitrogens is 2. The third-order valence-electron chi connectivity index (χ3n) is 2.26. The minimum absolute atomic E-state index is 0.0820. The van der Waals surface area contributed by atoms with Gasteiger partial charge >= 0.3 is 0 Å². The first-order chi connectivity index (χ1) is 8.16. The van der Waals surface area contributed by atoms with Gasteiger partial charge in [0.05, 0.1) is 17.8 Å². The summed E-state index contributed by atoms with van der Waals surface area (Å²) in [5, 5.41) is 10.6.